The number of hydrogen-bond donors (Lipinski definition) is 2. The number of aliphatic hydroxyl groups excluding tert-OH is 1. The van der Waals surface area contributed by atoms with Crippen LogP contribution >= 0.6 is 0 Å². The largest absolute Gasteiger partial charge is 0.421 e. The summed E-state index contributed by atoms with van der Waals surface area (Å²) in [5.41, 5.74) is 2.95. The molecule has 1 aliphatic rings. The molecule has 0 fully saturated rings. The predicted molar refractivity (Wildman–Crippen MR) is 97.2 cm³/mol. The van der Waals surface area contributed by atoms with E-state index in [1.54, 1.807) is 6.92 Å². The Kier molecular flexibility index (Phi) is 4.58. The van der Waals surface area contributed by atoms with Gasteiger partial charge < -0.3 is 14.8 Å². The van der Waals surface area contributed by atoms with Gasteiger partial charge in [-0.1, -0.05) is 12.1 Å². The first kappa shape index (κ1) is 18.5. The number of pyridine rings is 1. The van der Waals surface area contributed by atoms with Gasteiger partial charge in [-0.15, -0.1) is 0 Å². The minimum Gasteiger partial charge on any atom is -0.421 e. The molecule has 4 rings (SSSR count). The molecule has 0 unspecified atom stereocenters. The monoisotopic (exact) mass is 389 g/mol. The Morgan fingerprint density at radius 3 is 2.75 bits per heavy atom. The Morgan fingerprint density at radius 1 is 1.21 bits per heavy atom. The van der Waals surface area contributed by atoms with E-state index >= 15 is 0 Å². The third kappa shape index (κ3) is 3.60. The molecule has 146 valence electrons. The van der Waals surface area contributed by atoms with Crippen molar-refractivity contribution in [3.63, 3.8) is 0 Å². The zero-order valence-electron chi connectivity index (χ0n) is 15.0. The number of halogens is 3. The normalized spacial score (nSPS) is 16.7. The zero-order chi connectivity index (χ0) is 19.9. The maximum absolute atomic E-state index is 12.7. The molecular weight excluding hydrogens is 371 g/mol. The topological polar surface area (TPSA) is 71.2 Å². The number of hydrogen-bond acceptors (Lipinski definition) is 5. The second-order valence-corrected chi connectivity index (χ2v) is 6.83. The van der Waals surface area contributed by atoms with Crippen molar-refractivity contribution in [2.24, 2.45) is 0 Å². The van der Waals surface area contributed by atoms with Crippen molar-refractivity contribution in [1.82, 2.24) is 9.97 Å². The third-order valence-corrected chi connectivity index (χ3v) is 4.82. The number of benzene rings is 1. The molecule has 0 saturated heterocycles. The first-order valence-electron chi connectivity index (χ1n) is 8.88. The molecule has 0 spiro atoms. The standard InChI is InChI=1S/C20H18F3N3O2/c1-11-18(17-8-6-13(10-24-17)20(21,22)23)28-19(25-11)26-16-4-2-3-12-5-7-14(27)9-15(12)16/h2-4,6,8,10,14,27H,5,7,9H2,1H3,(H,25,26)/t14-/m1/s1. The minimum absolute atomic E-state index is 0.225. The average molecular weight is 389 g/mol. The fourth-order valence-corrected chi connectivity index (χ4v) is 3.39. The maximum atomic E-state index is 12.7. The number of aromatic nitrogens is 2. The van der Waals surface area contributed by atoms with Gasteiger partial charge in [0, 0.05) is 18.3 Å². The SMILES string of the molecule is Cc1nc(Nc2cccc3c2C[C@H](O)CC3)oc1-c1ccc(C(F)(F)F)cn1. The Bertz CT molecular complexity index is 997. The molecule has 0 radical (unpaired) electrons. The summed E-state index contributed by atoms with van der Waals surface area (Å²) in [6.07, 6.45) is -1.96. The fourth-order valence-electron chi connectivity index (χ4n) is 3.39. The Hall–Kier alpha value is -2.87. The number of nitrogens with zero attached hydrogens (tertiary/aromatic N) is 2. The van der Waals surface area contributed by atoms with Gasteiger partial charge in [-0.2, -0.15) is 18.2 Å². The van der Waals surface area contributed by atoms with Crippen LogP contribution in [0.1, 0.15) is 28.8 Å². The summed E-state index contributed by atoms with van der Waals surface area (Å²) in [7, 11) is 0. The molecule has 1 aromatic carbocycles. The molecule has 1 aliphatic carbocycles. The van der Waals surface area contributed by atoms with Crippen LogP contribution in [0.2, 0.25) is 0 Å². The molecule has 5 nitrogen and oxygen atoms in total. The number of aryl methyl sites for hydroxylation is 2. The van der Waals surface area contributed by atoms with Crippen molar-refractivity contribution >= 4 is 11.7 Å². The van der Waals surface area contributed by atoms with Gasteiger partial charge in [0.1, 0.15) is 5.69 Å². The van der Waals surface area contributed by atoms with E-state index in [4.69, 9.17) is 4.42 Å². The highest BCUT2D eigenvalue weighted by molar-refractivity contribution is 5.63. The molecule has 0 saturated carbocycles. The van der Waals surface area contributed by atoms with E-state index < -0.39 is 11.7 Å². The van der Waals surface area contributed by atoms with Crippen LogP contribution in [0.4, 0.5) is 24.9 Å². The maximum Gasteiger partial charge on any atom is 0.417 e. The summed E-state index contributed by atoms with van der Waals surface area (Å²) in [6.45, 7) is 1.70. The van der Waals surface area contributed by atoms with Gasteiger partial charge in [-0.25, -0.2) is 0 Å². The van der Waals surface area contributed by atoms with Gasteiger partial charge in [0.2, 0.25) is 0 Å². The smallest absolute Gasteiger partial charge is 0.417 e. The molecular formula is C20H18F3N3O2. The van der Waals surface area contributed by atoms with E-state index in [1.165, 1.54) is 11.6 Å². The zero-order valence-corrected chi connectivity index (χ0v) is 15.0. The number of alkyl halides is 3. The molecule has 1 atom stereocenters. The Balaban J connectivity index is 1.61. The lowest BCUT2D eigenvalue weighted by Gasteiger charge is -2.23. The second kappa shape index (κ2) is 6.94. The summed E-state index contributed by atoms with van der Waals surface area (Å²) < 4.78 is 43.8. The van der Waals surface area contributed by atoms with Crippen LogP contribution in [-0.4, -0.2) is 21.2 Å². The van der Waals surface area contributed by atoms with Crippen molar-refractivity contribution in [2.75, 3.05) is 5.32 Å². The quantitative estimate of drug-likeness (QED) is 0.682. The summed E-state index contributed by atoms with van der Waals surface area (Å²) in [4.78, 5) is 8.18. The van der Waals surface area contributed by atoms with E-state index in [0.29, 0.717) is 17.9 Å². The van der Waals surface area contributed by atoms with Gasteiger partial charge in [-0.05, 0) is 49.1 Å². The average Bonchev–Trinajstić information content (AvgIpc) is 3.02. The lowest BCUT2D eigenvalue weighted by atomic mass is 9.88. The third-order valence-electron chi connectivity index (χ3n) is 4.82. The number of fused-ring (bicyclic) bond motifs is 1. The number of oxazole rings is 1. The van der Waals surface area contributed by atoms with Gasteiger partial charge in [0.15, 0.2) is 5.76 Å². The summed E-state index contributed by atoms with van der Waals surface area (Å²) in [5, 5.41) is 13.1. The van der Waals surface area contributed by atoms with Crippen LogP contribution in [0.15, 0.2) is 40.9 Å². The van der Waals surface area contributed by atoms with Crippen LogP contribution in [0.25, 0.3) is 11.5 Å². The molecule has 0 aliphatic heterocycles. The number of aliphatic hydroxyl groups is 1. The highest BCUT2D eigenvalue weighted by atomic mass is 19.4. The molecule has 0 bridgehead atoms. The van der Waals surface area contributed by atoms with Gasteiger partial charge >= 0.3 is 6.18 Å². The molecule has 8 heteroatoms. The van der Waals surface area contributed by atoms with Crippen molar-refractivity contribution in [1.29, 1.82) is 0 Å². The number of anilines is 2. The lowest BCUT2D eigenvalue weighted by molar-refractivity contribution is -0.137. The van der Waals surface area contributed by atoms with Crippen LogP contribution in [-0.2, 0) is 19.0 Å². The highest BCUT2D eigenvalue weighted by Gasteiger charge is 2.31. The van der Waals surface area contributed by atoms with Crippen LogP contribution in [0.3, 0.4) is 0 Å². The van der Waals surface area contributed by atoms with Crippen molar-refractivity contribution < 1.29 is 22.7 Å². The van der Waals surface area contributed by atoms with Crippen LogP contribution in [0, 0.1) is 6.92 Å². The van der Waals surface area contributed by atoms with E-state index in [1.807, 2.05) is 18.2 Å². The first-order valence-corrected chi connectivity index (χ1v) is 8.88. The minimum atomic E-state index is -4.44. The van der Waals surface area contributed by atoms with E-state index in [9.17, 15) is 18.3 Å². The molecule has 28 heavy (non-hydrogen) atoms. The van der Waals surface area contributed by atoms with E-state index in [0.717, 1.165) is 36.4 Å². The van der Waals surface area contributed by atoms with Crippen molar-refractivity contribution in [3.8, 4) is 11.5 Å². The van der Waals surface area contributed by atoms with E-state index in [2.05, 4.69) is 15.3 Å². The van der Waals surface area contributed by atoms with E-state index in [-0.39, 0.29) is 17.8 Å². The lowest BCUT2D eigenvalue weighted by Crippen LogP contribution is -2.19. The highest BCUT2D eigenvalue weighted by Crippen LogP contribution is 2.33. The summed E-state index contributed by atoms with van der Waals surface area (Å²) >= 11 is 0. The number of nitrogens with one attached hydrogen (secondary N) is 1. The van der Waals surface area contributed by atoms with Gasteiger partial charge in [-0.3, -0.25) is 4.98 Å². The Labute approximate surface area is 159 Å². The molecule has 2 heterocycles. The van der Waals surface area contributed by atoms with Gasteiger partial charge in [0.05, 0.1) is 17.4 Å². The molecule has 0 amide bonds. The number of rotatable bonds is 3. The van der Waals surface area contributed by atoms with Crippen molar-refractivity contribution in [2.45, 2.75) is 38.5 Å². The summed E-state index contributed by atoms with van der Waals surface area (Å²) in [5.74, 6) is 0.307. The molecule has 2 aromatic heterocycles. The predicted octanol–water partition coefficient (Wildman–Crippen LogP) is 4.66. The summed E-state index contributed by atoms with van der Waals surface area (Å²) in [6, 6.07) is 8.29. The second-order valence-electron chi connectivity index (χ2n) is 6.83. The van der Waals surface area contributed by atoms with Gasteiger partial charge in [0.25, 0.3) is 6.01 Å². The van der Waals surface area contributed by atoms with Crippen LogP contribution < -0.4 is 5.32 Å². The van der Waals surface area contributed by atoms with Crippen molar-refractivity contribution in [3.05, 3.63) is 58.9 Å². The molecule has 3 aromatic rings. The fraction of sp³-hybridized carbons (Fsp3) is 0.300. The first-order chi connectivity index (χ1) is 13.3. The van der Waals surface area contributed by atoms with Crippen LogP contribution in [0.5, 0.6) is 0 Å². The molecule has 2 N–H and O–H groups in total. The Morgan fingerprint density at radius 2 is 2.04 bits per heavy atom.